The fraction of sp³-hybridized carbons (Fsp3) is 0. The van der Waals surface area contributed by atoms with Crippen molar-refractivity contribution in [2.75, 3.05) is 0 Å². The molecule has 5 nitrogen and oxygen atoms in total. The molecule has 6 heteroatoms. The zero-order valence-electron chi connectivity index (χ0n) is 10.3. The third kappa shape index (κ3) is 2.02. The lowest BCUT2D eigenvalue weighted by molar-refractivity contribution is 0.0505. The number of hydrogen-bond acceptors (Lipinski definition) is 4. The van der Waals surface area contributed by atoms with Gasteiger partial charge in [-0.15, -0.1) is 0 Å². The maximum atomic E-state index is 13.5. The van der Waals surface area contributed by atoms with Gasteiger partial charge in [0.1, 0.15) is 11.3 Å². The Hall–Kier alpha value is -2.73. The number of hydrogen-bond donors (Lipinski definition) is 1. The summed E-state index contributed by atoms with van der Waals surface area (Å²) < 4.78 is 15.1. The molecule has 1 aromatic heterocycles. The Bertz CT molecular complexity index is 784. The van der Waals surface area contributed by atoms with Gasteiger partial charge in [0.05, 0.1) is 11.3 Å². The van der Waals surface area contributed by atoms with E-state index in [4.69, 9.17) is 5.90 Å². The van der Waals surface area contributed by atoms with E-state index in [-0.39, 0.29) is 5.56 Å². The monoisotopic (exact) mass is 271 g/mol. The van der Waals surface area contributed by atoms with Gasteiger partial charge in [-0.3, -0.25) is 0 Å². The fourth-order valence-corrected chi connectivity index (χ4v) is 2.03. The predicted octanol–water partition coefficient (Wildman–Crippen LogP) is 2.20. The van der Waals surface area contributed by atoms with Crippen molar-refractivity contribution < 1.29 is 14.0 Å². The van der Waals surface area contributed by atoms with Crippen LogP contribution in [0, 0.1) is 5.82 Å². The maximum absolute atomic E-state index is 13.5. The first kappa shape index (κ1) is 12.3. The van der Waals surface area contributed by atoms with Crippen molar-refractivity contribution in [3.8, 4) is 5.69 Å². The first-order valence-corrected chi connectivity index (χ1v) is 5.84. The summed E-state index contributed by atoms with van der Waals surface area (Å²) in [6, 6.07) is 11.7. The summed E-state index contributed by atoms with van der Waals surface area (Å²) in [7, 11) is 0. The zero-order chi connectivity index (χ0) is 14.1. The van der Waals surface area contributed by atoms with Crippen molar-refractivity contribution in [1.82, 2.24) is 9.78 Å². The molecule has 0 aliphatic rings. The van der Waals surface area contributed by atoms with Crippen LogP contribution >= 0.6 is 0 Å². The summed E-state index contributed by atoms with van der Waals surface area (Å²) in [5.74, 6) is 3.48. The third-order valence-electron chi connectivity index (χ3n) is 2.92. The molecule has 0 aliphatic heterocycles. The van der Waals surface area contributed by atoms with Gasteiger partial charge in [0, 0.05) is 11.6 Å². The summed E-state index contributed by atoms with van der Waals surface area (Å²) in [6.07, 6.45) is 1.64. The SMILES string of the molecule is NOC(=O)c1cc(F)cc2cn(-c3ccccc3)nc12. The van der Waals surface area contributed by atoms with Crippen molar-refractivity contribution >= 4 is 16.9 Å². The molecule has 3 aromatic rings. The second-order valence-corrected chi connectivity index (χ2v) is 4.21. The number of rotatable bonds is 2. The Kier molecular flexibility index (Phi) is 2.92. The van der Waals surface area contributed by atoms with Crippen molar-refractivity contribution in [2.45, 2.75) is 0 Å². The van der Waals surface area contributed by atoms with E-state index in [0.717, 1.165) is 11.8 Å². The van der Waals surface area contributed by atoms with E-state index >= 15 is 0 Å². The molecule has 0 amide bonds. The zero-order valence-corrected chi connectivity index (χ0v) is 10.3. The van der Waals surface area contributed by atoms with Crippen molar-refractivity contribution in [1.29, 1.82) is 0 Å². The number of aromatic nitrogens is 2. The number of fused-ring (bicyclic) bond motifs is 1. The van der Waals surface area contributed by atoms with E-state index in [0.29, 0.717) is 10.9 Å². The summed E-state index contributed by atoms with van der Waals surface area (Å²) in [4.78, 5) is 15.7. The Labute approximate surface area is 113 Å². The van der Waals surface area contributed by atoms with Gasteiger partial charge in [0.15, 0.2) is 0 Å². The van der Waals surface area contributed by atoms with Crippen LogP contribution in [0.2, 0.25) is 0 Å². The first-order chi connectivity index (χ1) is 9.69. The van der Waals surface area contributed by atoms with Crippen LogP contribution in [0.4, 0.5) is 4.39 Å². The van der Waals surface area contributed by atoms with Crippen LogP contribution in [-0.2, 0) is 4.84 Å². The van der Waals surface area contributed by atoms with Gasteiger partial charge in [0.2, 0.25) is 0 Å². The molecule has 0 aliphatic carbocycles. The molecule has 2 aromatic carbocycles. The quantitative estimate of drug-likeness (QED) is 0.725. The molecule has 20 heavy (non-hydrogen) atoms. The first-order valence-electron chi connectivity index (χ1n) is 5.84. The second kappa shape index (κ2) is 4.75. The van der Waals surface area contributed by atoms with Crippen molar-refractivity contribution in [2.24, 2.45) is 5.90 Å². The standard InChI is InChI=1S/C14H10FN3O2/c15-10-6-9-8-18(11-4-2-1-3-5-11)17-13(9)12(7-10)14(19)20-16/h1-8H,16H2. The summed E-state index contributed by atoms with van der Waals surface area (Å²) in [6.45, 7) is 0. The predicted molar refractivity (Wildman–Crippen MR) is 70.6 cm³/mol. The molecule has 0 spiro atoms. The van der Waals surface area contributed by atoms with Crippen LogP contribution in [-0.4, -0.2) is 15.7 Å². The van der Waals surface area contributed by atoms with E-state index in [1.54, 1.807) is 10.9 Å². The Balaban J connectivity index is 2.23. The largest absolute Gasteiger partial charge is 0.370 e. The van der Waals surface area contributed by atoms with E-state index in [2.05, 4.69) is 9.94 Å². The molecular weight excluding hydrogens is 261 g/mol. The molecule has 0 bridgehead atoms. The van der Waals surface area contributed by atoms with E-state index in [1.165, 1.54) is 6.07 Å². The Morgan fingerprint density at radius 2 is 2.00 bits per heavy atom. The molecule has 0 radical (unpaired) electrons. The van der Waals surface area contributed by atoms with E-state index in [1.807, 2.05) is 30.3 Å². The van der Waals surface area contributed by atoms with Crippen LogP contribution in [0.3, 0.4) is 0 Å². The average molecular weight is 271 g/mol. The molecule has 0 unspecified atom stereocenters. The van der Waals surface area contributed by atoms with Gasteiger partial charge in [-0.05, 0) is 24.3 Å². The van der Waals surface area contributed by atoms with Gasteiger partial charge in [-0.25, -0.2) is 13.9 Å². The number of carbonyl (C=O) groups excluding carboxylic acids is 1. The molecule has 2 N–H and O–H groups in total. The minimum absolute atomic E-state index is 0.00261. The smallest absolute Gasteiger partial charge is 0.359 e. The molecule has 0 saturated carbocycles. The number of carbonyl (C=O) groups is 1. The number of nitrogens with zero attached hydrogens (tertiary/aromatic N) is 2. The number of benzene rings is 2. The summed E-state index contributed by atoms with van der Waals surface area (Å²) >= 11 is 0. The number of halogens is 1. The minimum Gasteiger partial charge on any atom is -0.370 e. The van der Waals surface area contributed by atoms with Gasteiger partial charge in [-0.1, -0.05) is 18.2 Å². The molecule has 0 atom stereocenters. The second-order valence-electron chi connectivity index (χ2n) is 4.21. The van der Waals surface area contributed by atoms with Crippen molar-refractivity contribution in [3.63, 3.8) is 0 Å². The van der Waals surface area contributed by atoms with E-state index < -0.39 is 11.8 Å². The average Bonchev–Trinajstić information content (AvgIpc) is 2.90. The van der Waals surface area contributed by atoms with Crippen LogP contribution < -0.4 is 5.90 Å². The lowest BCUT2D eigenvalue weighted by atomic mass is 10.1. The molecule has 1 heterocycles. The van der Waals surface area contributed by atoms with Crippen LogP contribution in [0.15, 0.2) is 48.7 Å². The lowest BCUT2D eigenvalue weighted by Crippen LogP contribution is -2.11. The van der Waals surface area contributed by atoms with E-state index in [9.17, 15) is 9.18 Å². The molecule has 3 rings (SSSR count). The third-order valence-corrected chi connectivity index (χ3v) is 2.92. The highest BCUT2D eigenvalue weighted by atomic mass is 19.1. The highest BCUT2D eigenvalue weighted by molar-refractivity contribution is 6.02. The normalized spacial score (nSPS) is 10.7. The maximum Gasteiger partial charge on any atom is 0.359 e. The molecular formula is C14H10FN3O2. The van der Waals surface area contributed by atoms with Crippen LogP contribution in [0.25, 0.3) is 16.6 Å². The van der Waals surface area contributed by atoms with Gasteiger partial charge >= 0.3 is 5.97 Å². The van der Waals surface area contributed by atoms with Crippen molar-refractivity contribution in [3.05, 3.63) is 60.0 Å². The van der Waals surface area contributed by atoms with Gasteiger partial charge < -0.3 is 4.84 Å². The van der Waals surface area contributed by atoms with Crippen LogP contribution in [0.5, 0.6) is 0 Å². The molecule has 100 valence electrons. The number of nitrogens with two attached hydrogens (primary N) is 1. The highest BCUT2D eigenvalue weighted by Crippen LogP contribution is 2.21. The highest BCUT2D eigenvalue weighted by Gasteiger charge is 2.16. The van der Waals surface area contributed by atoms with Gasteiger partial charge in [-0.2, -0.15) is 11.0 Å². The lowest BCUT2D eigenvalue weighted by Gasteiger charge is -2.00. The molecule has 0 saturated heterocycles. The molecule has 0 fully saturated rings. The summed E-state index contributed by atoms with van der Waals surface area (Å²) in [5.41, 5.74) is 1.14. The van der Waals surface area contributed by atoms with Crippen LogP contribution in [0.1, 0.15) is 10.4 Å². The van der Waals surface area contributed by atoms with Gasteiger partial charge in [0.25, 0.3) is 0 Å². The Morgan fingerprint density at radius 1 is 1.25 bits per heavy atom. The minimum atomic E-state index is -0.826. The number of para-hydroxylation sites is 1. The summed E-state index contributed by atoms with van der Waals surface area (Å²) in [5, 5.41) is 4.78. The fourth-order valence-electron chi connectivity index (χ4n) is 2.03. The Morgan fingerprint density at radius 3 is 2.70 bits per heavy atom. The topological polar surface area (TPSA) is 70.1 Å².